The Kier molecular flexibility index (Phi) is 9.12. The van der Waals surface area contributed by atoms with Gasteiger partial charge >= 0.3 is 0 Å². The molecule has 2 heteroatoms. The number of hydrogen-bond donors (Lipinski definition) is 1. The standard InChI is InChI=1S/C11H23NO.C2H6/c1-3-10(2)6-4-8-12-9-5-7-11(12)13;1-2/h10-11,13H,3-9H2,1-2H3;1-2H3/t10-,11?;/m1./s1. The number of aliphatic hydroxyl groups excluding tert-OH is 1. The molecule has 2 atom stereocenters. The van der Waals surface area contributed by atoms with E-state index < -0.39 is 0 Å². The normalized spacial score (nSPS) is 23.4. The van der Waals surface area contributed by atoms with Gasteiger partial charge in [-0.3, -0.25) is 4.90 Å². The minimum Gasteiger partial charge on any atom is -0.378 e. The summed E-state index contributed by atoms with van der Waals surface area (Å²) >= 11 is 0. The molecular weight excluding hydrogens is 186 g/mol. The molecule has 0 aliphatic carbocycles. The maximum atomic E-state index is 9.54. The molecule has 0 saturated carbocycles. The monoisotopic (exact) mass is 215 g/mol. The Balaban J connectivity index is 0.000000921. The summed E-state index contributed by atoms with van der Waals surface area (Å²) in [6, 6.07) is 0. The molecule has 0 aromatic heterocycles. The highest BCUT2D eigenvalue weighted by Gasteiger charge is 2.20. The summed E-state index contributed by atoms with van der Waals surface area (Å²) in [5, 5.41) is 9.54. The number of likely N-dealkylation sites (tertiary alicyclic amines) is 1. The quantitative estimate of drug-likeness (QED) is 0.761. The van der Waals surface area contributed by atoms with Crippen LogP contribution in [-0.4, -0.2) is 29.3 Å². The third-order valence-corrected chi connectivity index (χ3v) is 3.17. The van der Waals surface area contributed by atoms with E-state index in [1.807, 2.05) is 13.8 Å². The van der Waals surface area contributed by atoms with Crippen molar-refractivity contribution < 1.29 is 5.11 Å². The number of hydrogen-bond acceptors (Lipinski definition) is 2. The average molecular weight is 215 g/mol. The van der Waals surface area contributed by atoms with Crippen LogP contribution in [-0.2, 0) is 0 Å². The highest BCUT2D eigenvalue weighted by molar-refractivity contribution is 4.70. The molecular formula is C13H29NO. The van der Waals surface area contributed by atoms with E-state index in [2.05, 4.69) is 18.7 Å². The molecule has 0 bridgehead atoms. The molecule has 1 fully saturated rings. The molecule has 1 N–H and O–H groups in total. The van der Waals surface area contributed by atoms with Gasteiger partial charge in [0.15, 0.2) is 0 Å². The van der Waals surface area contributed by atoms with Gasteiger partial charge in [-0.1, -0.05) is 34.1 Å². The van der Waals surface area contributed by atoms with Crippen LogP contribution in [0.4, 0.5) is 0 Å². The minimum absolute atomic E-state index is 0.142. The van der Waals surface area contributed by atoms with Gasteiger partial charge in [-0.2, -0.15) is 0 Å². The molecule has 1 rings (SSSR count). The lowest BCUT2D eigenvalue weighted by molar-refractivity contribution is 0.0366. The van der Waals surface area contributed by atoms with Gasteiger partial charge in [-0.05, 0) is 31.6 Å². The summed E-state index contributed by atoms with van der Waals surface area (Å²) in [4.78, 5) is 2.21. The fraction of sp³-hybridized carbons (Fsp3) is 1.00. The fourth-order valence-corrected chi connectivity index (χ4v) is 1.92. The molecule has 0 aromatic rings. The lowest BCUT2D eigenvalue weighted by Crippen LogP contribution is -2.30. The molecule has 0 radical (unpaired) electrons. The van der Waals surface area contributed by atoms with Crippen molar-refractivity contribution in [3.8, 4) is 0 Å². The predicted molar refractivity (Wildman–Crippen MR) is 66.9 cm³/mol. The Bertz CT molecular complexity index is 138. The molecule has 1 aliphatic heterocycles. The van der Waals surface area contributed by atoms with Crippen LogP contribution in [0.1, 0.15) is 59.8 Å². The Morgan fingerprint density at radius 1 is 1.40 bits per heavy atom. The zero-order chi connectivity index (χ0) is 11.7. The first-order chi connectivity index (χ1) is 7.24. The second kappa shape index (κ2) is 9.17. The second-order valence-corrected chi connectivity index (χ2v) is 4.31. The van der Waals surface area contributed by atoms with Crippen molar-refractivity contribution in [1.29, 1.82) is 0 Å². The molecule has 15 heavy (non-hydrogen) atoms. The zero-order valence-electron chi connectivity index (χ0n) is 11.0. The maximum absolute atomic E-state index is 9.54. The summed E-state index contributed by atoms with van der Waals surface area (Å²) in [5.41, 5.74) is 0. The number of nitrogens with zero attached hydrogens (tertiary/aromatic N) is 1. The molecule has 1 unspecified atom stereocenters. The summed E-state index contributed by atoms with van der Waals surface area (Å²) in [5.74, 6) is 0.847. The lowest BCUT2D eigenvalue weighted by Gasteiger charge is -2.20. The Morgan fingerprint density at radius 2 is 2.07 bits per heavy atom. The summed E-state index contributed by atoms with van der Waals surface area (Å²) in [6.45, 7) is 10.7. The van der Waals surface area contributed by atoms with Crippen LogP contribution in [0.25, 0.3) is 0 Å². The van der Waals surface area contributed by atoms with Crippen LogP contribution in [0.3, 0.4) is 0 Å². The van der Waals surface area contributed by atoms with E-state index >= 15 is 0 Å². The van der Waals surface area contributed by atoms with Crippen LogP contribution in [0.5, 0.6) is 0 Å². The molecule has 92 valence electrons. The van der Waals surface area contributed by atoms with Crippen LogP contribution in [0, 0.1) is 5.92 Å². The first-order valence-corrected chi connectivity index (χ1v) is 6.66. The van der Waals surface area contributed by atoms with Gasteiger partial charge in [0.25, 0.3) is 0 Å². The van der Waals surface area contributed by atoms with Crippen molar-refractivity contribution in [2.45, 2.75) is 66.0 Å². The first kappa shape index (κ1) is 14.9. The summed E-state index contributed by atoms with van der Waals surface area (Å²) < 4.78 is 0. The van der Waals surface area contributed by atoms with Gasteiger partial charge in [-0.25, -0.2) is 0 Å². The molecule has 0 aromatic carbocycles. The van der Waals surface area contributed by atoms with E-state index in [4.69, 9.17) is 0 Å². The van der Waals surface area contributed by atoms with Crippen molar-refractivity contribution in [2.75, 3.05) is 13.1 Å². The molecule has 2 nitrogen and oxygen atoms in total. The Hall–Kier alpha value is -0.0800. The van der Waals surface area contributed by atoms with Crippen LogP contribution in [0.15, 0.2) is 0 Å². The lowest BCUT2D eigenvalue weighted by atomic mass is 10.0. The number of aliphatic hydroxyl groups is 1. The Morgan fingerprint density at radius 3 is 2.53 bits per heavy atom. The van der Waals surface area contributed by atoms with Crippen LogP contribution >= 0.6 is 0 Å². The predicted octanol–water partition coefficient (Wildman–Crippen LogP) is 3.25. The van der Waals surface area contributed by atoms with E-state index in [1.54, 1.807) is 0 Å². The van der Waals surface area contributed by atoms with Crippen LogP contribution in [0.2, 0.25) is 0 Å². The van der Waals surface area contributed by atoms with E-state index in [-0.39, 0.29) is 6.23 Å². The van der Waals surface area contributed by atoms with Crippen molar-refractivity contribution in [3.05, 3.63) is 0 Å². The second-order valence-electron chi connectivity index (χ2n) is 4.31. The highest BCUT2D eigenvalue weighted by Crippen LogP contribution is 2.16. The largest absolute Gasteiger partial charge is 0.378 e. The van der Waals surface area contributed by atoms with E-state index in [0.717, 1.165) is 25.4 Å². The third-order valence-electron chi connectivity index (χ3n) is 3.17. The van der Waals surface area contributed by atoms with Gasteiger partial charge in [-0.15, -0.1) is 0 Å². The molecule has 0 spiro atoms. The molecule has 1 aliphatic rings. The first-order valence-electron chi connectivity index (χ1n) is 6.66. The van der Waals surface area contributed by atoms with E-state index in [1.165, 1.54) is 25.7 Å². The highest BCUT2D eigenvalue weighted by atomic mass is 16.3. The topological polar surface area (TPSA) is 23.5 Å². The minimum atomic E-state index is -0.142. The van der Waals surface area contributed by atoms with Gasteiger partial charge < -0.3 is 5.11 Å². The van der Waals surface area contributed by atoms with Gasteiger partial charge in [0.2, 0.25) is 0 Å². The molecule has 0 amide bonds. The molecule has 1 saturated heterocycles. The number of rotatable bonds is 5. The van der Waals surface area contributed by atoms with Crippen molar-refractivity contribution in [2.24, 2.45) is 5.92 Å². The van der Waals surface area contributed by atoms with Gasteiger partial charge in [0, 0.05) is 13.1 Å². The summed E-state index contributed by atoms with van der Waals surface area (Å²) in [7, 11) is 0. The van der Waals surface area contributed by atoms with Gasteiger partial charge in [0.1, 0.15) is 6.23 Å². The molecule has 1 heterocycles. The smallest absolute Gasteiger partial charge is 0.107 e. The van der Waals surface area contributed by atoms with Crippen LogP contribution < -0.4 is 0 Å². The maximum Gasteiger partial charge on any atom is 0.107 e. The van der Waals surface area contributed by atoms with Crippen molar-refractivity contribution in [1.82, 2.24) is 4.90 Å². The van der Waals surface area contributed by atoms with Gasteiger partial charge in [0.05, 0.1) is 0 Å². The third kappa shape index (κ3) is 6.16. The fourth-order valence-electron chi connectivity index (χ4n) is 1.92. The summed E-state index contributed by atoms with van der Waals surface area (Å²) in [6.07, 6.45) is 5.83. The van der Waals surface area contributed by atoms with E-state index in [9.17, 15) is 5.11 Å². The SMILES string of the molecule is CC.CC[C@@H](C)CCCN1CCCC1O. The van der Waals surface area contributed by atoms with E-state index in [0.29, 0.717) is 0 Å². The van der Waals surface area contributed by atoms with Crippen molar-refractivity contribution >= 4 is 0 Å². The van der Waals surface area contributed by atoms with Crippen molar-refractivity contribution in [3.63, 3.8) is 0 Å². The zero-order valence-corrected chi connectivity index (χ0v) is 11.0. The Labute approximate surface area is 95.7 Å². The average Bonchev–Trinajstić information content (AvgIpc) is 2.67.